The summed E-state index contributed by atoms with van der Waals surface area (Å²) in [4.78, 5) is 0. The maximum Gasteiger partial charge on any atom is 0.162 e. The lowest BCUT2D eigenvalue weighted by Crippen LogP contribution is -2.58. The third kappa shape index (κ3) is 4.77. The maximum absolute atomic E-state index is 6.11. The van der Waals surface area contributed by atoms with Gasteiger partial charge in [-0.1, -0.05) is 39.7 Å². The highest BCUT2D eigenvalue weighted by atomic mass is 79.9. The molecule has 0 saturated heterocycles. The van der Waals surface area contributed by atoms with Gasteiger partial charge in [-0.25, -0.2) is 0 Å². The van der Waals surface area contributed by atoms with Gasteiger partial charge >= 0.3 is 0 Å². The Bertz CT molecular complexity index is 912. The van der Waals surface area contributed by atoms with Crippen LogP contribution in [0.4, 0.5) is 0 Å². The summed E-state index contributed by atoms with van der Waals surface area (Å²) in [5.41, 5.74) is 2.62. The van der Waals surface area contributed by atoms with E-state index in [1.54, 1.807) is 0 Å². The Labute approximate surface area is 199 Å². The van der Waals surface area contributed by atoms with Gasteiger partial charge in [-0.05, 0) is 98.6 Å². The lowest BCUT2D eigenvalue weighted by Gasteiger charge is -2.57. The smallest absolute Gasteiger partial charge is 0.162 e. The number of benzene rings is 2. The topological polar surface area (TPSA) is 30.5 Å². The van der Waals surface area contributed by atoms with Crippen LogP contribution in [-0.4, -0.2) is 12.1 Å². The van der Waals surface area contributed by atoms with Crippen molar-refractivity contribution in [1.29, 1.82) is 0 Å². The molecule has 0 aromatic heterocycles. The second kappa shape index (κ2) is 8.96. The van der Waals surface area contributed by atoms with Crippen LogP contribution < -0.4 is 14.8 Å². The lowest BCUT2D eigenvalue weighted by atomic mass is 9.53. The molecule has 31 heavy (non-hydrogen) atoms. The molecule has 4 saturated carbocycles. The number of halogens is 2. The Morgan fingerprint density at radius 3 is 2.32 bits per heavy atom. The first kappa shape index (κ1) is 21.6. The van der Waals surface area contributed by atoms with Gasteiger partial charge in [-0.15, -0.1) is 0 Å². The number of rotatable bonds is 8. The molecule has 4 aliphatic rings. The maximum atomic E-state index is 6.11. The summed E-state index contributed by atoms with van der Waals surface area (Å²) in [6.45, 7) is 3.94. The molecule has 2 aromatic carbocycles. The fourth-order valence-corrected chi connectivity index (χ4v) is 7.17. The van der Waals surface area contributed by atoms with Crippen LogP contribution in [0.5, 0.6) is 11.5 Å². The molecule has 2 aromatic rings. The van der Waals surface area contributed by atoms with Gasteiger partial charge in [-0.2, -0.15) is 0 Å². The van der Waals surface area contributed by atoms with E-state index in [0.29, 0.717) is 18.8 Å². The Kier molecular flexibility index (Phi) is 6.24. The first-order valence-corrected chi connectivity index (χ1v) is 12.8. The average molecular weight is 505 g/mol. The summed E-state index contributed by atoms with van der Waals surface area (Å²) in [7, 11) is 0. The summed E-state index contributed by atoms with van der Waals surface area (Å²) in [5, 5.41) is 4.72. The van der Waals surface area contributed by atoms with Gasteiger partial charge in [-0.3, -0.25) is 0 Å². The van der Waals surface area contributed by atoms with Crippen LogP contribution in [0.2, 0.25) is 5.02 Å². The first-order chi connectivity index (χ1) is 15.0. The summed E-state index contributed by atoms with van der Waals surface area (Å²) in [6, 6.07) is 11.9. The Morgan fingerprint density at radius 2 is 1.68 bits per heavy atom. The molecule has 0 heterocycles. The Balaban J connectivity index is 1.30. The second-order valence-electron chi connectivity index (χ2n) is 9.79. The van der Waals surface area contributed by atoms with Crippen LogP contribution in [0.25, 0.3) is 0 Å². The SMILES string of the molecule is CCOc1cc(CNC23CC4CC(CC(C4)C2)C3)c(Br)cc1OCc1cccc(Cl)c1. The van der Waals surface area contributed by atoms with Crippen LogP contribution in [0.3, 0.4) is 0 Å². The minimum Gasteiger partial charge on any atom is -0.490 e. The molecule has 0 aliphatic heterocycles. The van der Waals surface area contributed by atoms with Crippen molar-refractivity contribution in [3.63, 3.8) is 0 Å². The zero-order chi connectivity index (χ0) is 21.4. The molecule has 3 nitrogen and oxygen atoms in total. The normalized spacial score (nSPS) is 28.7. The third-order valence-corrected chi connectivity index (χ3v) is 8.36. The number of nitrogens with one attached hydrogen (secondary N) is 1. The van der Waals surface area contributed by atoms with Crippen molar-refractivity contribution in [2.45, 2.75) is 64.1 Å². The molecular formula is C26H31BrClNO2. The highest BCUT2D eigenvalue weighted by Crippen LogP contribution is 2.55. The van der Waals surface area contributed by atoms with Crippen LogP contribution in [0, 0.1) is 17.8 Å². The van der Waals surface area contributed by atoms with Crippen LogP contribution in [-0.2, 0) is 13.2 Å². The van der Waals surface area contributed by atoms with Crippen molar-refractivity contribution in [2.24, 2.45) is 17.8 Å². The molecule has 1 N–H and O–H groups in total. The van der Waals surface area contributed by atoms with Crippen LogP contribution >= 0.6 is 27.5 Å². The molecule has 166 valence electrons. The molecule has 0 amide bonds. The predicted octanol–water partition coefficient (Wildman–Crippen LogP) is 7.14. The van der Waals surface area contributed by atoms with Crippen molar-refractivity contribution in [1.82, 2.24) is 5.32 Å². The van der Waals surface area contributed by atoms with E-state index in [-0.39, 0.29) is 0 Å². The molecule has 5 heteroatoms. The van der Waals surface area contributed by atoms with Gasteiger partial charge in [0.2, 0.25) is 0 Å². The Hall–Kier alpha value is -1.23. The van der Waals surface area contributed by atoms with Gasteiger partial charge in [0, 0.05) is 21.6 Å². The fraction of sp³-hybridized carbons (Fsp3) is 0.538. The zero-order valence-corrected chi connectivity index (χ0v) is 20.5. The highest BCUT2D eigenvalue weighted by molar-refractivity contribution is 9.10. The molecule has 0 atom stereocenters. The monoisotopic (exact) mass is 503 g/mol. The molecule has 4 aliphatic carbocycles. The van der Waals surface area contributed by atoms with Crippen molar-refractivity contribution in [3.8, 4) is 11.5 Å². The summed E-state index contributed by atoms with van der Waals surface area (Å²) in [5.74, 6) is 4.40. The molecule has 0 spiro atoms. The molecule has 6 rings (SSSR count). The second-order valence-corrected chi connectivity index (χ2v) is 11.1. The van der Waals surface area contributed by atoms with E-state index >= 15 is 0 Å². The standard InChI is InChI=1S/C26H31BrClNO2/c1-2-30-24-10-21(15-29-26-12-18-6-19(13-26)8-20(7-18)14-26)23(27)11-25(24)31-16-17-4-3-5-22(28)9-17/h3-5,9-11,18-20,29H,2,6-8,12-16H2,1H3. The summed E-state index contributed by atoms with van der Waals surface area (Å²) >= 11 is 9.89. The van der Waals surface area contributed by atoms with Gasteiger partial charge in [0.05, 0.1) is 6.61 Å². The number of hydrogen-bond acceptors (Lipinski definition) is 3. The van der Waals surface area contributed by atoms with Crippen LogP contribution in [0.1, 0.15) is 56.6 Å². The average Bonchev–Trinajstić information content (AvgIpc) is 2.72. The molecule has 0 unspecified atom stereocenters. The van der Waals surface area contributed by atoms with E-state index in [2.05, 4.69) is 27.3 Å². The number of ether oxygens (including phenoxy) is 2. The molecule has 4 bridgehead atoms. The van der Waals surface area contributed by atoms with E-state index in [9.17, 15) is 0 Å². The van der Waals surface area contributed by atoms with Gasteiger partial charge in [0.1, 0.15) is 6.61 Å². The van der Waals surface area contributed by atoms with E-state index in [4.69, 9.17) is 21.1 Å². The van der Waals surface area contributed by atoms with Crippen molar-refractivity contribution < 1.29 is 9.47 Å². The first-order valence-electron chi connectivity index (χ1n) is 11.6. The van der Waals surface area contributed by atoms with E-state index in [0.717, 1.165) is 50.9 Å². The lowest BCUT2D eigenvalue weighted by molar-refractivity contribution is -0.0206. The quantitative estimate of drug-likeness (QED) is 0.414. The highest BCUT2D eigenvalue weighted by Gasteiger charge is 2.50. The molecule has 4 fully saturated rings. The minimum absolute atomic E-state index is 0.349. The van der Waals surface area contributed by atoms with E-state index in [1.807, 2.05) is 37.3 Å². The molecule has 0 radical (unpaired) electrons. The largest absolute Gasteiger partial charge is 0.490 e. The van der Waals surface area contributed by atoms with E-state index < -0.39 is 0 Å². The zero-order valence-electron chi connectivity index (χ0n) is 18.1. The summed E-state index contributed by atoms with van der Waals surface area (Å²) < 4.78 is 13.1. The Morgan fingerprint density at radius 1 is 1.00 bits per heavy atom. The van der Waals surface area contributed by atoms with Crippen molar-refractivity contribution >= 4 is 27.5 Å². The van der Waals surface area contributed by atoms with Crippen molar-refractivity contribution in [3.05, 3.63) is 57.0 Å². The fourth-order valence-electron chi connectivity index (χ4n) is 6.49. The minimum atomic E-state index is 0.349. The van der Waals surface area contributed by atoms with Crippen molar-refractivity contribution in [2.75, 3.05) is 6.61 Å². The molecular weight excluding hydrogens is 474 g/mol. The van der Waals surface area contributed by atoms with Gasteiger partial charge in [0.15, 0.2) is 11.5 Å². The predicted molar refractivity (Wildman–Crippen MR) is 129 cm³/mol. The van der Waals surface area contributed by atoms with Gasteiger partial charge in [0.25, 0.3) is 0 Å². The van der Waals surface area contributed by atoms with Gasteiger partial charge < -0.3 is 14.8 Å². The summed E-state index contributed by atoms with van der Waals surface area (Å²) in [6.07, 6.45) is 8.48. The van der Waals surface area contributed by atoms with Crippen LogP contribution in [0.15, 0.2) is 40.9 Å². The third-order valence-electron chi connectivity index (χ3n) is 7.39. The van der Waals surface area contributed by atoms with E-state index in [1.165, 1.54) is 44.1 Å². The number of hydrogen-bond donors (Lipinski definition) is 1.